The summed E-state index contributed by atoms with van der Waals surface area (Å²) in [6.07, 6.45) is -1.48. The van der Waals surface area contributed by atoms with E-state index in [1.54, 1.807) is 62.4 Å². The zero-order valence-electron chi connectivity index (χ0n) is 28.5. The highest BCUT2D eigenvalue weighted by Crippen LogP contribution is 2.33. The smallest absolute Gasteiger partial charge is 0.338 e. The van der Waals surface area contributed by atoms with Gasteiger partial charge in [0.1, 0.15) is 36.9 Å². The summed E-state index contributed by atoms with van der Waals surface area (Å²) in [5, 5.41) is 27.1. The van der Waals surface area contributed by atoms with Crippen LogP contribution in [0.5, 0.6) is 11.5 Å². The minimum absolute atomic E-state index is 0.118. The van der Waals surface area contributed by atoms with Gasteiger partial charge in [-0.2, -0.15) is 0 Å². The van der Waals surface area contributed by atoms with E-state index in [4.69, 9.17) is 18.9 Å². The van der Waals surface area contributed by atoms with Crippen LogP contribution in [0, 0.1) is 0 Å². The lowest BCUT2D eigenvalue weighted by Gasteiger charge is -2.26. The van der Waals surface area contributed by atoms with E-state index in [1.807, 2.05) is 48.5 Å². The lowest BCUT2D eigenvalue weighted by atomic mass is 9.78. The van der Waals surface area contributed by atoms with Gasteiger partial charge in [0, 0.05) is 29.9 Å². The summed E-state index contributed by atoms with van der Waals surface area (Å²) in [6.45, 7) is 9.26. The van der Waals surface area contributed by atoms with Gasteiger partial charge in [-0.05, 0) is 97.8 Å². The normalized spacial score (nSPS) is 12.4. The van der Waals surface area contributed by atoms with Crippen molar-refractivity contribution >= 4 is 23.3 Å². The van der Waals surface area contributed by atoms with E-state index in [9.17, 15) is 19.8 Å². The van der Waals surface area contributed by atoms with Crippen LogP contribution < -0.4 is 20.1 Å². The Kier molecular flexibility index (Phi) is 13.4. The molecule has 0 spiro atoms. The molecule has 4 aromatic carbocycles. The molecule has 2 unspecified atom stereocenters. The highest BCUT2D eigenvalue weighted by molar-refractivity contribution is 5.90. The topological polar surface area (TPSA) is 136 Å². The number of aliphatic hydroxyl groups excluding tert-OH is 2. The highest BCUT2D eigenvalue weighted by Gasteiger charge is 2.23. The summed E-state index contributed by atoms with van der Waals surface area (Å²) in [4.78, 5) is 23.6. The molecule has 0 aliphatic heterocycles. The van der Waals surface area contributed by atoms with Crippen LogP contribution in [0.25, 0.3) is 0 Å². The summed E-state index contributed by atoms with van der Waals surface area (Å²) in [7, 11) is 0. The predicted molar refractivity (Wildman–Crippen MR) is 190 cm³/mol. The molecule has 0 heterocycles. The van der Waals surface area contributed by atoms with Gasteiger partial charge in [0.2, 0.25) is 0 Å². The average Bonchev–Trinajstić information content (AvgIpc) is 3.12. The fourth-order valence-electron chi connectivity index (χ4n) is 4.95. The molecule has 0 aliphatic carbocycles. The van der Waals surface area contributed by atoms with Crippen molar-refractivity contribution in [3.8, 4) is 11.5 Å². The van der Waals surface area contributed by atoms with Crippen molar-refractivity contribution in [1.82, 2.24) is 0 Å². The molecule has 4 N–H and O–H groups in total. The molecule has 49 heavy (non-hydrogen) atoms. The number of aliphatic hydroxyl groups is 2. The van der Waals surface area contributed by atoms with E-state index in [0.29, 0.717) is 35.8 Å². The SMILES string of the molecule is CCOC(=O)c1ccc(NCC(O)COc2ccc(C(C)(C)c3ccc(OCC(O)CNc4ccc(C(=O)OCC)cc4)cc3)cc2)cc1. The summed E-state index contributed by atoms with van der Waals surface area (Å²) in [5.41, 5.74) is 4.41. The van der Waals surface area contributed by atoms with E-state index in [-0.39, 0.29) is 43.7 Å². The summed E-state index contributed by atoms with van der Waals surface area (Å²) >= 11 is 0. The third kappa shape index (κ3) is 11.0. The van der Waals surface area contributed by atoms with Gasteiger partial charge >= 0.3 is 11.9 Å². The number of carbonyl (C=O) groups is 2. The number of anilines is 2. The van der Waals surface area contributed by atoms with Crippen LogP contribution in [-0.2, 0) is 14.9 Å². The first-order valence-electron chi connectivity index (χ1n) is 16.4. The molecule has 2 atom stereocenters. The Morgan fingerprint density at radius 2 is 0.939 bits per heavy atom. The summed E-state index contributed by atoms with van der Waals surface area (Å²) in [5.74, 6) is 0.583. The standard InChI is InChI=1S/C39H46N2O8/c1-5-46-37(44)27-7-15-31(16-8-27)40-23-33(42)25-48-35-19-11-29(12-20-35)39(3,4)30-13-21-36(22-14-30)49-26-34(43)24-41-32-17-9-28(10-18-32)38(45)47-6-2/h7-22,33-34,40-43H,5-6,23-26H2,1-4H3. The average molecular weight is 671 g/mol. The zero-order chi connectivity index (χ0) is 35.2. The number of benzene rings is 4. The fraction of sp³-hybridized carbons (Fsp3) is 0.333. The molecular weight excluding hydrogens is 624 g/mol. The van der Waals surface area contributed by atoms with Crippen LogP contribution in [0.4, 0.5) is 11.4 Å². The molecule has 0 saturated heterocycles. The number of hydrogen-bond donors (Lipinski definition) is 4. The Hall–Kier alpha value is -5.06. The van der Waals surface area contributed by atoms with E-state index >= 15 is 0 Å². The number of rotatable bonds is 18. The second kappa shape index (κ2) is 17.9. The molecule has 10 nitrogen and oxygen atoms in total. The third-order valence-electron chi connectivity index (χ3n) is 7.91. The molecule has 0 aliphatic rings. The third-order valence-corrected chi connectivity index (χ3v) is 7.91. The first-order valence-corrected chi connectivity index (χ1v) is 16.4. The summed E-state index contributed by atoms with van der Waals surface area (Å²) in [6, 6.07) is 29.4. The van der Waals surface area contributed by atoms with Gasteiger partial charge in [-0.25, -0.2) is 9.59 Å². The van der Waals surface area contributed by atoms with Gasteiger partial charge < -0.3 is 39.8 Å². The minimum Gasteiger partial charge on any atom is -0.491 e. The highest BCUT2D eigenvalue weighted by atomic mass is 16.5. The Morgan fingerprint density at radius 1 is 0.592 bits per heavy atom. The van der Waals surface area contributed by atoms with E-state index in [0.717, 1.165) is 22.5 Å². The van der Waals surface area contributed by atoms with Crippen LogP contribution in [-0.4, -0.2) is 73.9 Å². The van der Waals surface area contributed by atoms with Gasteiger partial charge in [-0.1, -0.05) is 38.1 Å². The molecule has 0 fully saturated rings. The molecular formula is C39H46N2O8. The number of esters is 2. The van der Waals surface area contributed by atoms with Crippen LogP contribution in [0.15, 0.2) is 97.1 Å². The number of carbonyl (C=O) groups excluding carboxylic acids is 2. The molecule has 4 aromatic rings. The van der Waals surface area contributed by atoms with Crippen LogP contribution in [0.2, 0.25) is 0 Å². The maximum absolute atomic E-state index is 11.8. The molecule has 0 saturated carbocycles. The van der Waals surface area contributed by atoms with Crippen molar-refractivity contribution in [2.24, 2.45) is 0 Å². The maximum Gasteiger partial charge on any atom is 0.338 e. The van der Waals surface area contributed by atoms with Crippen LogP contribution in [0.3, 0.4) is 0 Å². The predicted octanol–water partition coefficient (Wildman–Crippen LogP) is 6.07. The van der Waals surface area contributed by atoms with Crippen molar-refractivity contribution in [2.45, 2.75) is 45.3 Å². The van der Waals surface area contributed by atoms with Crippen LogP contribution >= 0.6 is 0 Å². The van der Waals surface area contributed by atoms with Crippen molar-refractivity contribution in [2.75, 3.05) is 50.2 Å². The first kappa shape index (κ1) is 36.8. The van der Waals surface area contributed by atoms with E-state index < -0.39 is 12.2 Å². The Morgan fingerprint density at radius 3 is 1.27 bits per heavy atom. The zero-order valence-corrected chi connectivity index (χ0v) is 28.5. The second-order valence-corrected chi connectivity index (χ2v) is 12.0. The van der Waals surface area contributed by atoms with Gasteiger partial charge in [-0.3, -0.25) is 0 Å². The number of nitrogens with one attached hydrogen (secondary N) is 2. The first-order chi connectivity index (χ1) is 23.6. The van der Waals surface area contributed by atoms with Crippen molar-refractivity contribution < 1.29 is 38.7 Å². The Bertz CT molecular complexity index is 1480. The number of ether oxygens (including phenoxy) is 4. The quantitative estimate of drug-likeness (QED) is 0.0924. The molecule has 0 aromatic heterocycles. The molecule has 0 amide bonds. The van der Waals surface area contributed by atoms with Crippen molar-refractivity contribution in [1.29, 1.82) is 0 Å². The van der Waals surface area contributed by atoms with Crippen LogP contribution in [0.1, 0.15) is 59.5 Å². The monoisotopic (exact) mass is 670 g/mol. The molecule has 4 rings (SSSR count). The fourth-order valence-corrected chi connectivity index (χ4v) is 4.95. The van der Waals surface area contributed by atoms with E-state index in [1.165, 1.54) is 0 Å². The van der Waals surface area contributed by atoms with Crippen molar-refractivity contribution in [3.63, 3.8) is 0 Å². The molecule has 10 heteroatoms. The minimum atomic E-state index is -0.740. The van der Waals surface area contributed by atoms with Gasteiger partial charge in [0.15, 0.2) is 0 Å². The van der Waals surface area contributed by atoms with Gasteiger partial charge in [0.05, 0.1) is 24.3 Å². The molecule has 0 radical (unpaired) electrons. The Balaban J connectivity index is 1.19. The maximum atomic E-state index is 11.8. The number of hydrogen-bond acceptors (Lipinski definition) is 10. The van der Waals surface area contributed by atoms with E-state index in [2.05, 4.69) is 24.5 Å². The molecule has 260 valence electrons. The van der Waals surface area contributed by atoms with Gasteiger partial charge in [0.25, 0.3) is 0 Å². The Labute approximate surface area is 288 Å². The largest absolute Gasteiger partial charge is 0.491 e. The van der Waals surface area contributed by atoms with Gasteiger partial charge in [-0.15, -0.1) is 0 Å². The lowest BCUT2D eigenvalue weighted by Crippen LogP contribution is -2.26. The second-order valence-electron chi connectivity index (χ2n) is 12.0. The summed E-state index contributed by atoms with van der Waals surface area (Å²) < 4.78 is 21.6. The van der Waals surface area contributed by atoms with Crippen molar-refractivity contribution in [3.05, 3.63) is 119 Å². The molecule has 0 bridgehead atoms. The lowest BCUT2D eigenvalue weighted by molar-refractivity contribution is 0.0517.